The molecular formula is C36H32N6O4. The second-order valence-electron chi connectivity index (χ2n) is 13.5. The van der Waals surface area contributed by atoms with Crippen molar-refractivity contribution in [3.8, 4) is 0 Å². The van der Waals surface area contributed by atoms with Gasteiger partial charge in [0.2, 0.25) is 23.5 Å². The fraction of sp³-hybridized carbons (Fsp3) is 0.222. The van der Waals surface area contributed by atoms with E-state index in [1.54, 1.807) is 24.8 Å². The van der Waals surface area contributed by atoms with Gasteiger partial charge in [0.25, 0.3) is 0 Å². The van der Waals surface area contributed by atoms with Gasteiger partial charge in [-0.2, -0.15) is 0 Å². The molecule has 10 heteroatoms. The highest BCUT2D eigenvalue weighted by molar-refractivity contribution is 6.29. The smallest absolute Gasteiger partial charge is 0.227 e. The Morgan fingerprint density at radius 1 is 0.457 bits per heavy atom. The highest BCUT2D eigenvalue weighted by Crippen LogP contribution is 2.51. The molecule has 46 heavy (non-hydrogen) atoms. The molecule has 0 aliphatic carbocycles. The molecule has 0 atom stereocenters. The molecule has 0 aliphatic heterocycles. The summed E-state index contributed by atoms with van der Waals surface area (Å²) in [5.74, 6) is 2.07. The lowest BCUT2D eigenvalue weighted by Crippen LogP contribution is -2.17. The zero-order valence-corrected chi connectivity index (χ0v) is 26.4. The molecule has 0 unspecified atom stereocenters. The third kappa shape index (κ3) is 4.24. The molecule has 0 saturated heterocycles. The summed E-state index contributed by atoms with van der Waals surface area (Å²) < 4.78 is 23.5. The van der Waals surface area contributed by atoms with Crippen LogP contribution in [0.3, 0.4) is 0 Å². The quantitative estimate of drug-likeness (QED) is 0.168. The van der Waals surface area contributed by atoms with E-state index in [4.69, 9.17) is 17.7 Å². The Balaban J connectivity index is 1.56. The Hall–Kier alpha value is -5.64. The summed E-state index contributed by atoms with van der Waals surface area (Å²) >= 11 is 0. The normalized spacial score (nSPS) is 12.6. The average Bonchev–Trinajstić information content (AvgIpc) is 3.85. The third-order valence-corrected chi connectivity index (χ3v) is 8.51. The van der Waals surface area contributed by atoms with Gasteiger partial charge in [-0.3, -0.25) is 0 Å². The lowest BCUT2D eigenvalue weighted by molar-refractivity contribution is 0.531. The van der Waals surface area contributed by atoms with Crippen molar-refractivity contribution in [1.29, 1.82) is 0 Å². The van der Waals surface area contributed by atoms with Gasteiger partial charge in [0.15, 0.2) is 25.6 Å². The van der Waals surface area contributed by atoms with Gasteiger partial charge in [-0.25, -0.2) is 29.7 Å². The van der Waals surface area contributed by atoms with Crippen LogP contribution in [0.15, 0.2) is 104 Å². The molecule has 0 aliphatic rings. The van der Waals surface area contributed by atoms with Gasteiger partial charge in [-0.15, -0.1) is 0 Å². The highest BCUT2D eigenvalue weighted by Gasteiger charge is 2.31. The van der Waals surface area contributed by atoms with Crippen LogP contribution in [-0.4, -0.2) is 19.9 Å². The van der Waals surface area contributed by atoms with Crippen LogP contribution in [0.5, 0.6) is 0 Å². The van der Waals surface area contributed by atoms with Crippen LogP contribution in [0, 0.1) is 0 Å². The standard InChI is InChI=1S/C36H32N6O4/c1-35(2,3)25-11-27(41(29-13-37-17-43-29)30-14-38-18-44-30)23-10-8-22-26(36(4,5)6)12-28(24-9-7-21(25)33(23)34(22)24)42(31-15-39-19-45-31)32-16-40-20-46-32/h7-20H,1-6H3. The zero-order chi connectivity index (χ0) is 31.8. The molecular weight excluding hydrogens is 580 g/mol. The summed E-state index contributed by atoms with van der Waals surface area (Å²) in [5.41, 5.74) is 3.74. The minimum Gasteiger partial charge on any atom is -0.427 e. The van der Waals surface area contributed by atoms with Crippen molar-refractivity contribution < 1.29 is 17.7 Å². The molecule has 4 aromatic carbocycles. The number of nitrogens with zero attached hydrogens (tertiary/aromatic N) is 6. The Kier molecular flexibility index (Phi) is 6.02. The van der Waals surface area contributed by atoms with Gasteiger partial charge in [-0.05, 0) is 55.6 Å². The number of anilines is 6. The topological polar surface area (TPSA) is 111 Å². The minimum absolute atomic E-state index is 0.201. The number of aromatic nitrogens is 4. The van der Waals surface area contributed by atoms with Crippen LogP contribution in [-0.2, 0) is 10.8 Å². The molecule has 0 bridgehead atoms. The largest absolute Gasteiger partial charge is 0.427 e. The Bertz CT molecular complexity index is 2040. The van der Waals surface area contributed by atoms with E-state index in [0.29, 0.717) is 23.5 Å². The van der Waals surface area contributed by atoms with E-state index in [9.17, 15) is 0 Å². The molecule has 0 spiro atoms. The Labute approximate surface area is 264 Å². The van der Waals surface area contributed by atoms with Crippen LogP contribution >= 0.6 is 0 Å². The summed E-state index contributed by atoms with van der Waals surface area (Å²) in [6.45, 7) is 13.4. The van der Waals surface area contributed by atoms with Crippen molar-refractivity contribution in [2.45, 2.75) is 52.4 Å². The first-order valence-electron chi connectivity index (χ1n) is 15.0. The molecule has 0 amide bonds. The van der Waals surface area contributed by atoms with Crippen LogP contribution in [0.1, 0.15) is 52.7 Å². The van der Waals surface area contributed by atoms with E-state index in [0.717, 1.165) is 32.9 Å². The molecule has 0 radical (unpaired) electrons. The van der Waals surface area contributed by atoms with Gasteiger partial charge in [0.1, 0.15) is 0 Å². The van der Waals surface area contributed by atoms with Crippen LogP contribution in [0.2, 0.25) is 0 Å². The number of hydrogen-bond acceptors (Lipinski definition) is 10. The third-order valence-electron chi connectivity index (χ3n) is 8.51. The molecule has 4 aromatic heterocycles. The lowest BCUT2D eigenvalue weighted by Gasteiger charge is -2.31. The van der Waals surface area contributed by atoms with Crippen LogP contribution < -0.4 is 9.80 Å². The predicted octanol–water partition coefficient (Wildman–Crippen LogP) is 10.1. The van der Waals surface area contributed by atoms with Crippen molar-refractivity contribution in [2.24, 2.45) is 0 Å². The van der Waals surface area contributed by atoms with Gasteiger partial charge in [0.05, 0.1) is 36.2 Å². The maximum absolute atomic E-state index is 5.87. The zero-order valence-electron chi connectivity index (χ0n) is 26.4. The second kappa shape index (κ2) is 9.93. The first-order chi connectivity index (χ1) is 22.1. The molecule has 10 nitrogen and oxygen atoms in total. The van der Waals surface area contributed by atoms with Gasteiger partial charge in [-0.1, -0.05) is 65.8 Å². The monoisotopic (exact) mass is 612 g/mol. The fourth-order valence-corrected chi connectivity index (χ4v) is 6.54. The first-order valence-corrected chi connectivity index (χ1v) is 15.0. The highest BCUT2D eigenvalue weighted by atomic mass is 16.4. The predicted molar refractivity (Wildman–Crippen MR) is 177 cm³/mol. The second-order valence-corrected chi connectivity index (χ2v) is 13.5. The van der Waals surface area contributed by atoms with Crippen molar-refractivity contribution >= 4 is 67.2 Å². The maximum atomic E-state index is 5.87. The van der Waals surface area contributed by atoms with E-state index in [1.165, 1.54) is 47.5 Å². The Morgan fingerprint density at radius 3 is 1.02 bits per heavy atom. The summed E-state index contributed by atoms with van der Waals surface area (Å²) in [6, 6.07) is 13.3. The number of oxazole rings is 4. The number of rotatable bonds is 6. The van der Waals surface area contributed by atoms with E-state index in [-0.39, 0.29) is 10.8 Å². The van der Waals surface area contributed by atoms with Gasteiger partial charge < -0.3 is 17.7 Å². The number of benzene rings is 4. The van der Waals surface area contributed by atoms with Crippen molar-refractivity contribution in [3.63, 3.8) is 0 Å². The van der Waals surface area contributed by atoms with Crippen molar-refractivity contribution in [2.75, 3.05) is 9.80 Å². The molecule has 230 valence electrons. The number of hydrogen-bond donors (Lipinski definition) is 0. The van der Waals surface area contributed by atoms with E-state index in [1.807, 2.05) is 9.80 Å². The molecule has 0 fully saturated rings. The van der Waals surface area contributed by atoms with E-state index in [2.05, 4.69) is 97.9 Å². The minimum atomic E-state index is -0.201. The first kappa shape index (κ1) is 27.9. The average molecular weight is 613 g/mol. The molecule has 8 aromatic rings. The molecule has 0 N–H and O–H groups in total. The SMILES string of the molecule is CC(C)(C)c1cc(N(c2cnco2)c2cnco2)c2ccc3c(C(C)(C)C)cc(N(c4cnco4)c4cnco4)c4ccc1c2c43. The fourth-order valence-electron chi connectivity index (χ4n) is 6.54. The van der Waals surface area contributed by atoms with E-state index >= 15 is 0 Å². The maximum Gasteiger partial charge on any atom is 0.227 e. The molecule has 0 saturated carbocycles. The van der Waals surface area contributed by atoms with Gasteiger partial charge in [0, 0.05) is 10.8 Å². The molecule has 8 rings (SSSR count). The Morgan fingerprint density at radius 2 is 0.761 bits per heavy atom. The van der Waals surface area contributed by atoms with Crippen molar-refractivity contribution in [3.05, 3.63) is 97.9 Å². The van der Waals surface area contributed by atoms with Gasteiger partial charge >= 0.3 is 0 Å². The molecule has 4 heterocycles. The summed E-state index contributed by atoms with van der Waals surface area (Å²) in [5, 5.41) is 6.64. The van der Waals surface area contributed by atoms with Crippen molar-refractivity contribution in [1.82, 2.24) is 19.9 Å². The van der Waals surface area contributed by atoms with Crippen LogP contribution in [0.25, 0.3) is 32.3 Å². The van der Waals surface area contributed by atoms with E-state index < -0.39 is 0 Å². The lowest BCUT2D eigenvalue weighted by atomic mass is 9.77. The summed E-state index contributed by atoms with van der Waals surface area (Å²) in [6.07, 6.45) is 12.4. The van der Waals surface area contributed by atoms with Crippen LogP contribution in [0.4, 0.5) is 34.9 Å². The summed E-state index contributed by atoms with van der Waals surface area (Å²) in [4.78, 5) is 20.8. The summed E-state index contributed by atoms with van der Waals surface area (Å²) in [7, 11) is 0.